The highest BCUT2D eigenvalue weighted by molar-refractivity contribution is 5.66. The number of benzene rings is 1. The van der Waals surface area contributed by atoms with Crippen molar-refractivity contribution in [3.05, 3.63) is 18.2 Å². The fourth-order valence-electron chi connectivity index (χ4n) is 2.95. The van der Waals surface area contributed by atoms with Gasteiger partial charge >= 0.3 is 0 Å². The van der Waals surface area contributed by atoms with Crippen molar-refractivity contribution < 1.29 is 4.74 Å². The number of anilines is 2. The summed E-state index contributed by atoms with van der Waals surface area (Å²) in [4.78, 5) is 4.98. The summed E-state index contributed by atoms with van der Waals surface area (Å²) in [6.07, 6.45) is 1.25. The molecule has 0 spiro atoms. The van der Waals surface area contributed by atoms with Gasteiger partial charge in [0.1, 0.15) is 5.75 Å². The van der Waals surface area contributed by atoms with Crippen LogP contribution in [0.25, 0.3) is 0 Å². The van der Waals surface area contributed by atoms with Crippen molar-refractivity contribution in [3.63, 3.8) is 0 Å². The second-order valence-electron chi connectivity index (χ2n) is 4.87. The van der Waals surface area contributed by atoms with Gasteiger partial charge in [-0.2, -0.15) is 0 Å². The van der Waals surface area contributed by atoms with E-state index in [1.54, 1.807) is 7.11 Å². The first-order valence-corrected chi connectivity index (χ1v) is 6.20. The van der Waals surface area contributed by atoms with E-state index in [1.807, 2.05) is 18.2 Å². The van der Waals surface area contributed by atoms with Crippen LogP contribution in [0.5, 0.6) is 5.75 Å². The minimum absolute atomic E-state index is 0.624. The lowest BCUT2D eigenvalue weighted by molar-refractivity contribution is 0.309. The van der Waals surface area contributed by atoms with Crippen LogP contribution in [0, 0.1) is 0 Å². The fraction of sp³-hybridized carbons (Fsp3) is 0.538. The summed E-state index contributed by atoms with van der Waals surface area (Å²) < 4.78 is 5.45. The second-order valence-corrected chi connectivity index (χ2v) is 4.87. The second kappa shape index (κ2) is 4.11. The number of rotatable bonds is 2. The van der Waals surface area contributed by atoms with Crippen LogP contribution in [-0.4, -0.2) is 44.2 Å². The Morgan fingerprint density at radius 3 is 3.00 bits per heavy atom. The molecule has 2 N–H and O–H groups in total. The number of ether oxygens (including phenoxy) is 1. The van der Waals surface area contributed by atoms with Crippen LogP contribution in [0.15, 0.2) is 18.2 Å². The SMILES string of the molecule is COc1ccc(N)cc1N1CCN2CCC1C2. The molecule has 0 aliphatic carbocycles. The summed E-state index contributed by atoms with van der Waals surface area (Å²) in [5, 5.41) is 0. The lowest BCUT2D eigenvalue weighted by atomic mass is 10.1. The number of nitrogens with two attached hydrogens (primary N) is 1. The Hall–Kier alpha value is -1.42. The van der Waals surface area contributed by atoms with Gasteiger partial charge in [-0.05, 0) is 24.6 Å². The predicted molar refractivity (Wildman–Crippen MR) is 69.6 cm³/mol. The van der Waals surface area contributed by atoms with Gasteiger partial charge in [-0.1, -0.05) is 0 Å². The smallest absolute Gasteiger partial charge is 0.142 e. The van der Waals surface area contributed by atoms with E-state index in [9.17, 15) is 0 Å². The third-order valence-corrected chi connectivity index (χ3v) is 3.86. The van der Waals surface area contributed by atoms with Crippen LogP contribution in [-0.2, 0) is 0 Å². The highest BCUT2D eigenvalue weighted by atomic mass is 16.5. The van der Waals surface area contributed by atoms with Crippen molar-refractivity contribution in [3.8, 4) is 5.75 Å². The number of nitrogens with zero attached hydrogens (tertiary/aromatic N) is 2. The van der Waals surface area contributed by atoms with Gasteiger partial charge in [0, 0.05) is 37.9 Å². The number of nitrogen functional groups attached to an aromatic ring is 1. The number of fused-ring (bicyclic) bond motifs is 2. The largest absolute Gasteiger partial charge is 0.495 e. The van der Waals surface area contributed by atoms with E-state index in [0.29, 0.717) is 6.04 Å². The van der Waals surface area contributed by atoms with E-state index in [2.05, 4.69) is 9.80 Å². The highest BCUT2D eigenvalue weighted by Crippen LogP contribution is 2.35. The standard InChI is InChI=1S/C13H19N3O/c1-17-13-3-2-10(14)8-12(13)16-7-6-15-5-4-11(16)9-15/h2-3,8,11H,4-7,9,14H2,1H3. The summed E-state index contributed by atoms with van der Waals surface area (Å²) in [6.45, 7) is 4.63. The topological polar surface area (TPSA) is 41.7 Å². The zero-order valence-corrected chi connectivity index (χ0v) is 10.2. The molecule has 0 amide bonds. The normalized spacial score (nSPS) is 27.2. The maximum atomic E-state index is 5.89. The summed E-state index contributed by atoms with van der Waals surface area (Å²) in [5.41, 5.74) is 7.85. The van der Waals surface area contributed by atoms with Crippen molar-refractivity contribution in [1.82, 2.24) is 4.90 Å². The van der Waals surface area contributed by atoms with Gasteiger partial charge in [0.05, 0.1) is 12.8 Å². The van der Waals surface area contributed by atoms with Crippen molar-refractivity contribution in [1.29, 1.82) is 0 Å². The predicted octanol–water partition coefficient (Wildman–Crippen LogP) is 1.17. The van der Waals surface area contributed by atoms with Crippen LogP contribution in [0.1, 0.15) is 6.42 Å². The van der Waals surface area contributed by atoms with Gasteiger partial charge < -0.3 is 15.4 Å². The first-order chi connectivity index (χ1) is 8.28. The Kier molecular flexibility index (Phi) is 2.59. The molecule has 0 aromatic heterocycles. The molecule has 0 radical (unpaired) electrons. The van der Waals surface area contributed by atoms with E-state index in [-0.39, 0.29) is 0 Å². The molecule has 2 aliphatic rings. The zero-order chi connectivity index (χ0) is 11.8. The maximum absolute atomic E-state index is 5.89. The maximum Gasteiger partial charge on any atom is 0.142 e. The van der Waals surface area contributed by atoms with E-state index < -0.39 is 0 Å². The van der Waals surface area contributed by atoms with Crippen molar-refractivity contribution in [2.45, 2.75) is 12.5 Å². The molecule has 2 saturated heterocycles. The number of hydrogen-bond donors (Lipinski definition) is 1. The molecule has 2 aliphatic heterocycles. The molecule has 17 heavy (non-hydrogen) atoms. The molecule has 1 aromatic rings. The van der Waals surface area contributed by atoms with E-state index in [4.69, 9.17) is 10.5 Å². The third-order valence-electron chi connectivity index (χ3n) is 3.86. The quantitative estimate of drug-likeness (QED) is 0.779. The average molecular weight is 233 g/mol. The summed E-state index contributed by atoms with van der Waals surface area (Å²) in [5.74, 6) is 0.930. The Morgan fingerprint density at radius 1 is 1.29 bits per heavy atom. The Balaban J connectivity index is 1.94. The molecule has 2 atom stereocenters. The number of methoxy groups -OCH3 is 1. The van der Waals surface area contributed by atoms with Gasteiger partial charge in [-0.25, -0.2) is 0 Å². The monoisotopic (exact) mass is 233 g/mol. The number of hydrogen-bond acceptors (Lipinski definition) is 4. The Morgan fingerprint density at radius 2 is 2.18 bits per heavy atom. The van der Waals surface area contributed by atoms with Crippen molar-refractivity contribution in [2.24, 2.45) is 0 Å². The molecule has 3 rings (SSSR count). The molecule has 2 unspecified atom stereocenters. The summed E-state index contributed by atoms with van der Waals surface area (Å²) in [7, 11) is 1.72. The minimum Gasteiger partial charge on any atom is -0.495 e. The van der Waals surface area contributed by atoms with Crippen LogP contribution in [0.3, 0.4) is 0 Å². The van der Waals surface area contributed by atoms with Crippen LogP contribution >= 0.6 is 0 Å². The molecule has 2 bridgehead atoms. The molecular weight excluding hydrogens is 214 g/mol. The summed E-state index contributed by atoms with van der Waals surface area (Å²) in [6, 6.07) is 6.52. The van der Waals surface area contributed by atoms with Crippen LogP contribution in [0.2, 0.25) is 0 Å². The zero-order valence-electron chi connectivity index (χ0n) is 10.2. The molecule has 4 nitrogen and oxygen atoms in total. The van der Waals surface area contributed by atoms with Crippen LogP contribution in [0.4, 0.5) is 11.4 Å². The van der Waals surface area contributed by atoms with Gasteiger partial charge in [-0.3, -0.25) is 4.90 Å². The molecule has 4 heteroatoms. The van der Waals surface area contributed by atoms with Gasteiger partial charge in [0.25, 0.3) is 0 Å². The highest BCUT2D eigenvalue weighted by Gasteiger charge is 2.33. The van der Waals surface area contributed by atoms with E-state index >= 15 is 0 Å². The minimum atomic E-state index is 0.624. The summed E-state index contributed by atoms with van der Waals surface area (Å²) >= 11 is 0. The van der Waals surface area contributed by atoms with Crippen LogP contribution < -0.4 is 15.4 Å². The molecule has 2 heterocycles. The molecule has 92 valence electrons. The fourth-order valence-corrected chi connectivity index (χ4v) is 2.95. The molecule has 1 aromatic carbocycles. The van der Waals surface area contributed by atoms with E-state index in [1.165, 1.54) is 19.5 Å². The van der Waals surface area contributed by atoms with Gasteiger partial charge in [-0.15, -0.1) is 0 Å². The first-order valence-electron chi connectivity index (χ1n) is 6.20. The molecule has 0 saturated carbocycles. The van der Waals surface area contributed by atoms with E-state index in [0.717, 1.165) is 30.2 Å². The third kappa shape index (κ3) is 1.82. The molecular formula is C13H19N3O. The van der Waals surface area contributed by atoms with Gasteiger partial charge in [0.2, 0.25) is 0 Å². The molecule has 2 fully saturated rings. The average Bonchev–Trinajstić information content (AvgIpc) is 2.71. The van der Waals surface area contributed by atoms with Gasteiger partial charge in [0.15, 0.2) is 0 Å². The Labute approximate surface area is 102 Å². The number of piperazine rings is 1. The van der Waals surface area contributed by atoms with Crippen molar-refractivity contribution >= 4 is 11.4 Å². The lowest BCUT2D eigenvalue weighted by Gasteiger charge is -2.36. The Bertz CT molecular complexity index is 421. The van der Waals surface area contributed by atoms with Crippen molar-refractivity contribution in [2.75, 3.05) is 43.9 Å². The first kappa shape index (κ1) is 10.7. The lowest BCUT2D eigenvalue weighted by Crippen LogP contribution is -2.46.